The zero-order valence-corrected chi connectivity index (χ0v) is 16.3. The SMILES string of the molecule is Cn1c(=O)[nH]c(=O)n(-c2cc(Cl)c(Oc3ccc(OC(F)(F)F)cc3)c(Cl)c2)c1=O. The van der Waals surface area contributed by atoms with Gasteiger partial charge in [-0.1, -0.05) is 23.2 Å². The number of hydrogen-bond acceptors (Lipinski definition) is 5. The first-order valence-electron chi connectivity index (χ1n) is 7.92. The van der Waals surface area contributed by atoms with Gasteiger partial charge < -0.3 is 9.47 Å². The molecule has 1 heterocycles. The van der Waals surface area contributed by atoms with E-state index in [1.165, 1.54) is 31.3 Å². The van der Waals surface area contributed by atoms with Crippen molar-refractivity contribution in [3.63, 3.8) is 0 Å². The van der Waals surface area contributed by atoms with Crippen LogP contribution in [-0.2, 0) is 7.05 Å². The second-order valence-corrected chi connectivity index (χ2v) is 6.59. The van der Waals surface area contributed by atoms with Gasteiger partial charge in [0.1, 0.15) is 11.5 Å². The van der Waals surface area contributed by atoms with Crippen LogP contribution in [0.3, 0.4) is 0 Å². The van der Waals surface area contributed by atoms with Crippen molar-refractivity contribution < 1.29 is 22.6 Å². The number of H-pyrrole nitrogens is 1. The van der Waals surface area contributed by atoms with Gasteiger partial charge >= 0.3 is 23.4 Å². The van der Waals surface area contributed by atoms with Gasteiger partial charge in [0, 0.05) is 7.05 Å². The van der Waals surface area contributed by atoms with E-state index in [0.29, 0.717) is 9.13 Å². The molecule has 0 saturated heterocycles. The van der Waals surface area contributed by atoms with E-state index in [-0.39, 0.29) is 27.2 Å². The maximum Gasteiger partial charge on any atom is 0.573 e. The quantitative estimate of drug-likeness (QED) is 0.640. The topological polar surface area (TPSA) is 95.3 Å². The Balaban J connectivity index is 1.95. The molecule has 158 valence electrons. The Labute approximate surface area is 174 Å². The van der Waals surface area contributed by atoms with Gasteiger partial charge in [-0.3, -0.25) is 4.98 Å². The molecule has 0 radical (unpaired) electrons. The Morgan fingerprint density at radius 1 is 0.933 bits per heavy atom. The molecule has 0 amide bonds. The normalized spacial score (nSPS) is 11.4. The van der Waals surface area contributed by atoms with Crippen LogP contribution in [-0.4, -0.2) is 20.5 Å². The van der Waals surface area contributed by atoms with Crippen molar-refractivity contribution in [2.24, 2.45) is 7.05 Å². The molecule has 30 heavy (non-hydrogen) atoms. The van der Waals surface area contributed by atoms with E-state index in [2.05, 4.69) is 4.74 Å². The molecule has 1 N–H and O–H groups in total. The number of aromatic amines is 1. The lowest BCUT2D eigenvalue weighted by Crippen LogP contribution is -2.47. The van der Waals surface area contributed by atoms with E-state index in [1.54, 1.807) is 0 Å². The minimum Gasteiger partial charge on any atom is -0.454 e. The smallest absolute Gasteiger partial charge is 0.454 e. The Morgan fingerprint density at radius 3 is 2.00 bits per heavy atom. The van der Waals surface area contributed by atoms with Crippen LogP contribution in [0.15, 0.2) is 50.8 Å². The predicted octanol–water partition coefficient (Wildman–Crippen LogP) is 3.22. The van der Waals surface area contributed by atoms with Crippen LogP contribution in [0.25, 0.3) is 5.69 Å². The number of benzene rings is 2. The van der Waals surface area contributed by atoms with E-state index >= 15 is 0 Å². The van der Waals surface area contributed by atoms with Gasteiger partial charge in [-0.2, -0.15) is 0 Å². The molecule has 3 rings (SSSR count). The molecule has 0 unspecified atom stereocenters. The first-order chi connectivity index (χ1) is 14.0. The summed E-state index contributed by atoms with van der Waals surface area (Å²) in [6.07, 6.45) is -4.83. The minimum absolute atomic E-state index is 0.0341. The Hall–Kier alpha value is -3.18. The van der Waals surface area contributed by atoms with Crippen LogP contribution >= 0.6 is 23.2 Å². The summed E-state index contributed by atoms with van der Waals surface area (Å²) in [7, 11) is 1.17. The summed E-state index contributed by atoms with van der Waals surface area (Å²) in [5, 5.41) is -0.207. The summed E-state index contributed by atoms with van der Waals surface area (Å²) in [5.74, 6) is -0.422. The molecular formula is C17H10Cl2F3N3O5. The number of aromatic nitrogens is 3. The lowest BCUT2D eigenvalue weighted by atomic mass is 10.3. The second kappa shape index (κ2) is 7.92. The number of hydrogen-bond donors (Lipinski definition) is 1. The van der Waals surface area contributed by atoms with Crippen molar-refractivity contribution in [2.45, 2.75) is 6.36 Å². The molecule has 2 aromatic carbocycles. The summed E-state index contributed by atoms with van der Waals surface area (Å²) in [6, 6.07) is 6.86. The third kappa shape index (κ3) is 4.52. The molecule has 0 aliphatic rings. The highest BCUT2D eigenvalue weighted by Crippen LogP contribution is 2.38. The van der Waals surface area contributed by atoms with Crippen molar-refractivity contribution in [1.82, 2.24) is 14.1 Å². The molecule has 0 atom stereocenters. The lowest BCUT2D eigenvalue weighted by Gasteiger charge is -2.13. The highest BCUT2D eigenvalue weighted by atomic mass is 35.5. The Morgan fingerprint density at radius 2 is 1.47 bits per heavy atom. The number of nitrogens with zero attached hydrogens (tertiary/aromatic N) is 2. The van der Waals surface area contributed by atoms with Gasteiger partial charge in [-0.15, -0.1) is 13.2 Å². The van der Waals surface area contributed by atoms with Crippen LogP contribution in [0.5, 0.6) is 17.2 Å². The highest BCUT2D eigenvalue weighted by Gasteiger charge is 2.31. The van der Waals surface area contributed by atoms with Gasteiger partial charge in [-0.25, -0.2) is 23.5 Å². The monoisotopic (exact) mass is 463 g/mol. The van der Waals surface area contributed by atoms with Crippen molar-refractivity contribution in [3.8, 4) is 22.9 Å². The van der Waals surface area contributed by atoms with Crippen molar-refractivity contribution in [3.05, 3.63) is 77.9 Å². The molecule has 0 fully saturated rings. The van der Waals surface area contributed by atoms with Crippen LogP contribution in [0.1, 0.15) is 0 Å². The molecule has 1 aromatic heterocycles. The largest absolute Gasteiger partial charge is 0.573 e. The number of alkyl halides is 3. The summed E-state index contributed by atoms with van der Waals surface area (Å²) in [6.45, 7) is 0. The summed E-state index contributed by atoms with van der Waals surface area (Å²) in [5.41, 5.74) is -2.85. The molecule has 8 nitrogen and oxygen atoms in total. The average Bonchev–Trinajstić information content (AvgIpc) is 2.63. The Bertz CT molecular complexity index is 1260. The predicted molar refractivity (Wildman–Crippen MR) is 101 cm³/mol. The molecule has 0 aliphatic carbocycles. The second-order valence-electron chi connectivity index (χ2n) is 5.77. The maximum atomic E-state index is 12.2. The van der Waals surface area contributed by atoms with Crippen molar-refractivity contribution in [1.29, 1.82) is 0 Å². The lowest BCUT2D eigenvalue weighted by molar-refractivity contribution is -0.274. The molecule has 0 bridgehead atoms. The summed E-state index contributed by atoms with van der Waals surface area (Å²) < 4.78 is 47.2. The highest BCUT2D eigenvalue weighted by molar-refractivity contribution is 6.37. The third-order valence-corrected chi connectivity index (χ3v) is 4.28. The first kappa shape index (κ1) is 21.5. The standard InChI is InChI=1S/C17H10Cl2F3N3O5/c1-24-14(26)23-15(27)25(16(24)28)8-6-11(18)13(12(19)7-8)29-9-2-4-10(5-3-9)30-17(20,21)22/h2-7H,1H3,(H,23,26,27). The number of rotatable bonds is 4. The van der Waals surface area contributed by atoms with Gasteiger partial charge in [0.05, 0.1) is 15.7 Å². The van der Waals surface area contributed by atoms with Crippen molar-refractivity contribution in [2.75, 3.05) is 0 Å². The number of halogens is 5. The van der Waals surface area contributed by atoms with E-state index in [4.69, 9.17) is 27.9 Å². The van der Waals surface area contributed by atoms with Gasteiger partial charge in [-0.05, 0) is 36.4 Å². The van der Waals surface area contributed by atoms with E-state index in [9.17, 15) is 27.6 Å². The fourth-order valence-corrected chi connectivity index (χ4v) is 2.94. The zero-order chi connectivity index (χ0) is 22.2. The van der Waals surface area contributed by atoms with Gasteiger partial charge in [0.15, 0.2) is 5.75 Å². The van der Waals surface area contributed by atoms with Crippen LogP contribution in [0.4, 0.5) is 13.2 Å². The number of ether oxygens (including phenoxy) is 2. The van der Waals surface area contributed by atoms with E-state index in [1.807, 2.05) is 4.98 Å². The van der Waals surface area contributed by atoms with E-state index in [0.717, 1.165) is 12.1 Å². The van der Waals surface area contributed by atoms with Crippen molar-refractivity contribution >= 4 is 23.2 Å². The molecular weight excluding hydrogens is 454 g/mol. The van der Waals surface area contributed by atoms with Crippen LogP contribution in [0, 0.1) is 0 Å². The minimum atomic E-state index is -4.83. The Kier molecular flexibility index (Phi) is 5.68. The van der Waals surface area contributed by atoms with Crippen LogP contribution in [0.2, 0.25) is 10.0 Å². The van der Waals surface area contributed by atoms with Crippen LogP contribution < -0.4 is 26.5 Å². The molecule has 0 aliphatic heterocycles. The number of nitrogens with one attached hydrogen (secondary N) is 1. The zero-order valence-electron chi connectivity index (χ0n) is 14.8. The van der Waals surface area contributed by atoms with Gasteiger partial charge in [0.25, 0.3) is 0 Å². The maximum absolute atomic E-state index is 12.2. The van der Waals surface area contributed by atoms with E-state index < -0.39 is 29.2 Å². The first-order valence-corrected chi connectivity index (χ1v) is 8.67. The third-order valence-electron chi connectivity index (χ3n) is 3.72. The van der Waals surface area contributed by atoms with Gasteiger partial charge in [0.2, 0.25) is 0 Å². The fraction of sp³-hybridized carbons (Fsp3) is 0.118. The average molecular weight is 464 g/mol. The fourth-order valence-electron chi connectivity index (χ4n) is 2.38. The summed E-state index contributed by atoms with van der Waals surface area (Å²) in [4.78, 5) is 37.7. The molecule has 0 spiro atoms. The molecule has 13 heteroatoms. The molecule has 3 aromatic rings. The summed E-state index contributed by atoms with van der Waals surface area (Å²) >= 11 is 12.3. The molecule has 0 saturated carbocycles.